The Bertz CT molecular complexity index is 530. The van der Waals surface area contributed by atoms with Crippen LogP contribution in [0.2, 0.25) is 0 Å². The second kappa shape index (κ2) is 4.13. The zero-order valence-electron chi connectivity index (χ0n) is 10.1. The largest absolute Gasteiger partial charge is 0.326 e. The number of benzene rings is 2. The first-order valence-electron chi connectivity index (χ1n) is 6.17. The van der Waals surface area contributed by atoms with E-state index in [1.165, 1.54) is 16.3 Å². The molecule has 2 heteroatoms. The van der Waals surface area contributed by atoms with Crippen molar-refractivity contribution in [3.8, 4) is 0 Å². The summed E-state index contributed by atoms with van der Waals surface area (Å²) in [7, 11) is 2.14. The molecule has 0 aliphatic carbocycles. The van der Waals surface area contributed by atoms with Crippen molar-refractivity contribution in [3.63, 3.8) is 0 Å². The Balaban J connectivity index is 2.11. The lowest BCUT2D eigenvalue weighted by Crippen LogP contribution is -2.27. The number of rotatable bonds is 1. The lowest BCUT2D eigenvalue weighted by molar-refractivity contribution is 0.408. The van der Waals surface area contributed by atoms with E-state index >= 15 is 0 Å². The van der Waals surface area contributed by atoms with Gasteiger partial charge in [0.15, 0.2) is 0 Å². The Labute approximate surface area is 102 Å². The minimum Gasteiger partial charge on any atom is -0.326 e. The zero-order valence-corrected chi connectivity index (χ0v) is 10.1. The highest BCUT2D eigenvalue weighted by Gasteiger charge is 2.29. The first-order valence-corrected chi connectivity index (χ1v) is 6.17. The van der Waals surface area contributed by atoms with Crippen LogP contribution in [-0.2, 0) is 0 Å². The molecule has 88 valence electrons. The van der Waals surface area contributed by atoms with Gasteiger partial charge in [0, 0.05) is 25.0 Å². The van der Waals surface area contributed by atoms with Crippen molar-refractivity contribution in [2.45, 2.75) is 12.0 Å². The molecule has 2 nitrogen and oxygen atoms in total. The van der Waals surface area contributed by atoms with Crippen molar-refractivity contribution in [1.29, 1.82) is 0 Å². The third-order valence-corrected chi connectivity index (χ3v) is 3.77. The van der Waals surface area contributed by atoms with E-state index in [0.717, 1.165) is 13.1 Å². The summed E-state index contributed by atoms with van der Waals surface area (Å²) in [6.07, 6.45) is 0. The van der Waals surface area contributed by atoms with E-state index in [0.29, 0.717) is 5.92 Å². The Morgan fingerprint density at radius 3 is 2.59 bits per heavy atom. The first-order chi connectivity index (χ1) is 8.25. The Kier molecular flexibility index (Phi) is 2.61. The molecular weight excluding hydrogens is 208 g/mol. The van der Waals surface area contributed by atoms with Gasteiger partial charge in [-0.2, -0.15) is 0 Å². The monoisotopic (exact) mass is 226 g/mol. The second-order valence-corrected chi connectivity index (χ2v) is 5.06. The van der Waals surface area contributed by atoms with Gasteiger partial charge in [0.05, 0.1) is 0 Å². The van der Waals surface area contributed by atoms with Crippen molar-refractivity contribution in [2.24, 2.45) is 5.73 Å². The highest BCUT2D eigenvalue weighted by molar-refractivity contribution is 5.86. The summed E-state index contributed by atoms with van der Waals surface area (Å²) in [5.74, 6) is 0.464. The summed E-state index contributed by atoms with van der Waals surface area (Å²) in [5.41, 5.74) is 7.65. The Hall–Kier alpha value is -1.38. The number of nitrogens with two attached hydrogens (primary N) is 1. The molecular formula is C15H18N2. The van der Waals surface area contributed by atoms with Gasteiger partial charge in [0.25, 0.3) is 0 Å². The van der Waals surface area contributed by atoms with Crippen molar-refractivity contribution >= 4 is 10.8 Å². The molecule has 1 saturated heterocycles. The highest BCUT2D eigenvalue weighted by atomic mass is 15.1. The fraction of sp³-hybridized carbons (Fsp3) is 0.333. The molecule has 1 fully saturated rings. The number of hydrogen-bond acceptors (Lipinski definition) is 2. The minimum absolute atomic E-state index is 0.255. The minimum atomic E-state index is 0.255. The fourth-order valence-corrected chi connectivity index (χ4v) is 2.94. The van der Waals surface area contributed by atoms with Crippen LogP contribution >= 0.6 is 0 Å². The van der Waals surface area contributed by atoms with Crippen LogP contribution in [0, 0.1) is 0 Å². The smallest absolute Gasteiger partial charge is 0.0250 e. The van der Waals surface area contributed by atoms with Crippen LogP contribution in [-0.4, -0.2) is 31.1 Å². The van der Waals surface area contributed by atoms with Crippen LogP contribution in [0.1, 0.15) is 11.5 Å². The molecule has 3 rings (SSSR count). The van der Waals surface area contributed by atoms with E-state index in [1.54, 1.807) is 0 Å². The molecule has 2 aromatic carbocycles. The fourth-order valence-electron chi connectivity index (χ4n) is 2.94. The third-order valence-electron chi connectivity index (χ3n) is 3.77. The molecule has 2 aromatic rings. The van der Waals surface area contributed by atoms with Gasteiger partial charge >= 0.3 is 0 Å². The molecule has 0 saturated carbocycles. The van der Waals surface area contributed by atoms with Crippen molar-refractivity contribution in [2.75, 3.05) is 20.1 Å². The summed E-state index contributed by atoms with van der Waals surface area (Å²) >= 11 is 0. The Morgan fingerprint density at radius 2 is 1.82 bits per heavy atom. The molecule has 17 heavy (non-hydrogen) atoms. The van der Waals surface area contributed by atoms with Crippen LogP contribution in [0.25, 0.3) is 10.8 Å². The maximum absolute atomic E-state index is 6.25. The quantitative estimate of drug-likeness (QED) is 0.807. The van der Waals surface area contributed by atoms with E-state index in [1.807, 2.05) is 0 Å². The van der Waals surface area contributed by atoms with Crippen molar-refractivity contribution in [1.82, 2.24) is 4.90 Å². The van der Waals surface area contributed by atoms with Crippen LogP contribution in [0.4, 0.5) is 0 Å². The lowest BCUT2D eigenvalue weighted by atomic mass is 9.90. The maximum atomic E-state index is 6.25. The van der Waals surface area contributed by atoms with Gasteiger partial charge in [-0.3, -0.25) is 0 Å². The molecule has 2 N–H and O–H groups in total. The van der Waals surface area contributed by atoms with Crippen LogP contribution in [0.15, 0.2) is 42.5 Å². The predicted octanol–water partition coefficient (Wildman–Crippen LogP) is 2.20. The molecule has 0 bridgehead atoms. The van der Waals surface area contributed by atoms with E-state index in [2.05, 4.69) is 54.4 Å². The average Bonchev–Trinajstić information content (AvgIpc) is 2.68. The SMILES string of the molecule is CN1C[C@H](N)[C@H](c2cccc3ccccc23)C1. The molecule has 2 atom stereocenters. The van der Waals surface area contributed by atoms with Gasteiger partial charge < -0.3 is 10.6 Å². The number of likely N-dealkylation sites (N-methyl/N-ethyl adjacent to an activating group) is 1. The third kappa shape index (κ3) is 1.84. The average molecular weight is 226 g/mol. The molecule has 1 aliphatic heterocycles. The summed E-state index contributed by atoms with van der Waals surface area (Å²) in [6, 6.07) is 15.4. The summed E-state index contributed by atoms with van der Waals surface area (Å²) in [4.78, 5) is 2.32. The number of nitrogens with zero attached hydrogens (tertiary/aromatic N) is 1. The summed E-state index contributed by atoms with van der Waals surface area (Å²) in [6.45, 7) is 2.06. The van der Waals surface area contributed by atoms with Gasteiger partial charge in [-0.25, -0.2) is 0 Å². The first kappa shape index (κ1) is 10.8. The molecule has 0 spiro atoms. The summed E-state index contributed by atoms with van der Waals surface area (Å²) < 4.78 is 0. The molecule has 0 unspecified atom stereocenters. The number of likely N-dealkylation sites (tertiary alicyclic amines) is 1. The van der Waals surface area contributed by atoms with E-state index in [9.17, 15) is 0 Å². The number of fused-ring (bicyclic) bond motifs is 1. The summed E-state index contributed by atoms with van der Waals surface area (Å²) in [5, 5.41) is 2.66. The zero-order chi connectivity index (χ0) is 11.8. The van der Waals surface area contributed by atoms with E-state index < -0.39 is 0 Å². The predicted molar refractivity (Wildman–Crippen MR) is 72.2 cm³/mol. The molecule has 0 radical (unpaired) electrons. The molecule has 0 amide bonds. The van der Waals surface area contributed by atoms with E-state index in [4.69, 9.17) is 5.73 Å². The lowest BCUT2D eigenvalue weighted by Gasteiger charge is -2.17. The van der Waals surface area contributed by atoms with Crippen molar-refractivity contribution < 1.29 is 0 Å². The van der Waals surface area contributed by atoms with Gasteiger partial charge in [-0.05, 0) is 23.4 Å². The second-order valence-electron chi connectivity index (χ2n) is 5.06. The molecule has 0 aromatic heterocycles. The normalized spacial score (nSPS) is 25.5. The maximum Gasteiger partial charge on any atom is 0.0250 e. The standard InChI is InChI=1S/C15H18N2/c1-17-9-14(15(16)10-17)13-8-4-6-11-5-2-3-7-12(11)13/h2-8,14-15H,9-10,16H2,1H3/t14-,15-/m0/s1. The highest BCUT2D eigenvalue weighted by Crippen LogP contribution is 2.31. The van der Waals surface area contributed by atoms with Gasteiger partial charge in [-0.1, -0.05) is 42.5 Å². The van der Waals surface area contributed by atoms with Crippen molar-refractivity contribution in [3.05, 3.63) is 48.0 Å². The van der Waals surface area contributed by atoms with Gasteiger partial charge in [0.1, 0.15) is 0 Å². The topological polar surface area (TPSA) is 29.3 Å². The van der Waals surface area contributed by atoms with Crippen LogP contribution < -0.4 is 5.73 Å². The van der Waals surface area contributed by atoms with Gasteiger partial charge in [0.2, 0.25) is 0 Å². The van der Waals surface area contributed by atoms with Gasteiger partial charge in [-0.15, -0.1) is 0 Å². The van der Waals surface area contributed by atoms with Crippen LogP contribution in [0.3, 0.4) is 0 Å². The molecule has 1 heterocycles. The van der Waals surface area contributed by atoms with E-state index in [-0.39, 0.29) is 6.04 Å². The van der Waals surface area contributed by atoms with Crippen LogP contribution in [0.5, 0.6) is 0 Å². The number of hydrogen-bond donors (Lipinski definition) is 1. The Morgan fingerprint density at radius 1 is 1.06 bits per heavy atom. The molecule has 1 aliphatic rings.